The molecule has 0 spiro atoms. The van der Waals surface area contributed by atoms with Gasteiger partial charge in [-0.25, -0.2) is 0 Å². The Morgan fingerprint density at radius 1 is 1.29 bits per heavy atom. The van der Waals surface area contributed by atoms with E-state index in [0.717, 1.165) is 30.8 Å². The molecule has 1 aromatic carbocycles. The van der Waals surface area contributed by atoms with Gasteiger partial charge in [0.1, 0.15) is 5.75 Å². The van der Waals surface area contributed by atoms with Gasteiger partial charge in [-0.2, -0.15) is 0 Å². The molecule has 1 saturated heterocycles. The number of ether oxygens (including phenoxy) is 2. The summed E-state index contributed by atoms with van der Waals surface area (Å²) in [6.07, 6.45) is 1.76. The van der Waals surface area contributed by atoms with Crippen LogP contribution in [-0.2, 0) is 16.0 Å². The molecule has 3 atom stereocenters. The van der Waals surface area contributed by atoms with Crippen LogP contribution in [0.4, 0.5) is 0 Å². The average molecular weight is 334 g/mol. The standard InChI is InChI=1S/C19H30N2O3/c1-14(21-12-15(2)24-16(3)13-21)11-20-19(22)10-7-17-5-8-18(23-4)9-6-17/h5-6,8-9,14-16H,7,10-13H2,1-4H3,(H,20,22). The molecule has 0 radical (unpaired) electrons. The summed E-state index contributed by atoms with van der Waals surface area (Å²) in [7, 11) is 1.65. The van der Waals surface area contributed by atoms with E-state index < -0.39 is 0 Å². The van der Waals surface area contributed by atoms with Crippen molar-refractivity contribution in [1.29, 1.82) is 0 Å². The van der Waals surface area contributed by atoms with Gasteiger partial charge in [-0.3, -0.25) is 9.69 Å². The van der Waals surface area contributed by atoms with Crippen molar-refractivity contribution < 1.29 is 14.3 Å². The molecule has 5 heteroatoms. The SMILES string of the molecule is COc1ccc(CCC(=O)NCC(C)N2CC(C)OC(C)C2)cc1. The monoisotopic (exact) mass is 334 g/mol. The maximum Gasteiger partial charge on any atom is 0.220 e. The molecule has 1 amide bonds. The van der Waals surface area contributed by atoms with E-state index in [4.69, 9.17) is 9.47 Å². The number of nitrogens with one attached hydrogen (secondary N) is 1. The first-order valence-electron chi connectivity index (χ1n) is 8.77. The molecule has 1 aromatic rings. The lowest BCUT2D eigenvalue weighted by Gasteiger charge is -2.39. The predicted molar refractivity (Wildman–Crippen MR) is 95.4 cm³/mol. The van der Waals surface area contributed by atoms with Crippen LogP contribution in [0.1, 0.15) is 32.8 Å². The molecule has 1 aliphatic heterocycles. The van der Waals surface area contributed by atoms with E-state index in [1.165, 1.54) is 0 Å². The topological polar surface area (TPSA) is 50.8 Å². The highest BCUT2D eigenvalue weighted by Crippen LogP contribution is 2.14. The lowest BCUT2D eigenvalue weighted by molar-refractivity contribution is -0.121. The Kier molecular flexibility index (Phi) is 7.06. The van der Waals surface area contributed by atoms with Gasteiger partial charge in [0, 0.05) is 32.1 Å². The second-order valence-corrected chi connectivity index (χ2v) is 6.71. The molecule has 0 bridgehead atoms. The Morgan fingerprint density at radius 2 is 1.92 bits per heavy atom. The molecule has 5 nitrogen and oxygen atoms in total. The number of carbonyl (C=O) groups excluding carboxylic acids is 1. The normalized spacial score (nSPS) is 22.8. The smallest absolute Gasteiger partial charge is 0.220 e. The minimum atomic E-state index is 0.104. The largest absolute Gasteiger partial charge is 0.497 e. The van der Waals surface area contributed by atoms with E-state index in [1.807, 2.05) is 24.3 Å². The van der Waals surface area contributed by atoms with Crippen LogP contribution in [0.25, 0.3) is 0 Å². The average Bonchev–Trinajstić information content (AvgIpc) is 2.57. The number of morpholine rings is 1. The van der Waals surface area contributed by atoms with E-state index >= 15 is 0 Å². The highest BCUT2D eigenvalue weighted by Gasteiger charge is 2.25. The fourth-order valence-corrected chi connectivity index (χ4v) is 3.11. The molecule has 0 aromatic heterocycles. The maximum absolute atomic E-state index is 12.1. The van der Waals surface area contributed by atoms with Crippen molar-refractivity contribution in [2.24, 2.45) is 0 Å². The molecule has 0 aliphatic carbocycles. The second-order valence-electron chi connectivity index (χ2n) is 6.71. The molecule has 24 heavy (non-hydrogen) atoms. The summed E-state index contributed by atoms with van der Waals surface area (Å²) in [6, 6.07) is 8.19. The second kappa shape index (κ2) is 9.04. The predicted octanol–water partition coefficient (Wildman–Crippen LogP) is 2.24. The van der Waals surface area contributed by atoms with Gasteiger partial charge in [-0.05, 0) is 44.9 Å². The number of amides is 1. The molecule has 134 valence electrons. The van der Waals surface area contributed by atoms with Crippen molar-refractivity contribution in [3.05, 3.63) is 29.8 Å². The molecule has 1 fully saturated rings. The van der Waals surface area contributed by atoms with Crippen LogP contribution in [-0.4, -0.2) is 55.8 Å². The van der Waals surface area contributed by atoms with Crippen LogP contribution >= 0.6 is 0 Å². The minimum Gasteiger partial charge on any atom is -0.497 e. The van der Waals surface area contributed by atoms with Gasteiger partial charge in [-0.1, -0.05) is 12.1 Å². The maximum atomic E-state index is 12.1. The minimum absolute atomic E-state index is 0.104. The summed E-state index contributed by atoms with van der Waals surface area (Å²) < 4.78 is 10.9. The lowest BCUT2D eigenvalue weighted by Crippen LogP contribution is -2.52. The van der Waals surface area contributed by atoms with E-state index in [2.05, 4.69) is 31.0 Å². The zero-order valence-corrected chi connectivity index (χ0v) is 15.2. The Labute approximate surface area is 145 Å². The van der Waals surface area contributed by atoms with Gasteiger partial charge in [0.2, 0.25) is 5.91 Å². The van der Waals surface area contributed by atoms with E-state index in [9.17, 15) is 4.79 Å². The fourth-order valence-electron chi connectivity index (χ4n) is 3.11. The fraction of sp³-hybridized carbons (Fsp3) is 0.632. The first kappa shape index (κ1) is 18.7. The summed E-state index contributed by atoms with van der Waals surface area (Å²) >= 11 is 0. The molecule has 3 unspecified atom stereocenters. The molecule has 1 N–H and O–H groups in total. The van der Waals surface area contributed by atoms with E-state index in [-0.39, 0.29) is 18.1 Å². The van der Waals surface area contributed by atoms with Crippen molar-refractivity contribution in [3.63, 3.8) is 0 Å². The highest BCUT2D eigenvalue weighted by atomic mass is 16.5. The number of hydrogen-bond acceptors (Lipinski definition) is 4. The summed E-state index contributed by atoms with van der Waals surface area (Å²) in [5.41, 5.74) is 1.15. The molecule has 1 heterocycles. The number of rotatable bonds is 7. The van der Waals surface area contributed by atoms with Crippen LogP contribution in [0, 0.1) is 0 Å². The Bertz CT molecular complexity index is 508. The molecular weight excluding hydrogens is 304 g/mol. The van der Waals surface area contributed by atoms with Gasteiger partial charge < -0.3 is 14.8 Å². The van der Waals surface area contributed by atoms with Crippen molar-refractivity contribution in [3.8, 4) is 5.75 Å². The number of aryl methyl sites for hydroxylation is 1. The molecule has 2 rings (SSSR count). The van der Waals surface area contributed by atoms with Gasteiger partial charge >= 0.3 is 0 Å². The van der Waals surface area contributed by atoms with E-state index in [1.54, 1.807) is 7.11 Å². The lowest BCUT2D eigenvalue weighted by atomic mass is 10.1. The number of carbonyl (C=O) groups is 1. The Balaban J connectivity index is 1.70. The van der Waals surface area contributed by atoms with Gasteiger partial charge in [0.25, 0.3) is 0 Å². The summed E-state index contributed by atoms with van der Waals surface area (Å²) in [5.74, 6) is 0.943. The number of benzene rings is 1. The summed E-state index contributed by atoms with van der Waals surface area (Å²) in [5, 5.41) is 3.06. The first-order valence-corrected chi connectivity index (χ1v) is 8.77. The third kappa shape index (κ3) is 5.80. The third-order valence-corrected chi connectivity index (χ3v) is 4.47. The van der Waals surface area contributed by atoms with E-state index in [0.29, 0.717) is 19.0 Å². The number of hydrogen-bond donors (Lipinski definition) is 1. The summed E-state index contributed by atoms with van der Waals surface area (Å²) in [6.45, 7) is 8.89. The van der Waals surface area contributed by atoms with Crippen LogP contribution in [0.2, 0.25) is 0 Å². The van der Waals surface area contributed by atoms with Crippen molar-refractivity contribution in [2.45, 2.75) is 51.9 Å². The van der Waals surface area contributed by atoms with Crippen LogP contribution in [0.5, 0.6) is 5.75 Å². The molecule has 0 saturated carbocycles. The quantitative estimate of drug-likeness (QED) is 0.831. The van der Waals surface area contributed by atoms with Crippen molar-refractivity contribution >= 4 is 5.91 Å². The third-order valence-electron chi connectivity index (χ3n) is 4.47. The van der Waals surface area contributed by atoms with Crippen LogP contribution in [0.3, 0.4) is 0 Å². The van der Waals surface area contributed by atoms with Crippen LogP contribution in [0.15, 0.2) is 24.3 Å². The van der Waals surface area contributed by atoms with Crippen molar-refractivity contribution in [2.75, 3.05) is 26.7 Å². The van der Waals surface area contributed by atoms with Gasteiger partial charge in [-0.15, -0.1) is 0 Å². The number of methoxy groups -OCH3 is 1. The zero-order valence-electron chi connectivity index (χ0n) is 15.2. The number of nitrogens with zero attached hydrogens (tertiary/aromatic N) is 1. The molecule has 1 aliphatic rings. The van der Waals surface area contributed by atoms with Crippen LogP contribution < -0.4 is 10.1 Å². The Morgan fingerprint density at radius 3 is 2.50 bits per heavy atom. The molecular formula is C19H30N2O3. The summed E-state index contributed by atoms with van der Waals surface area (Å²) in [4.78, 5) is 14.5. The van der Waals surface area contributed by atoms with Crippen molar-refractivity contribution in [1.82, 2.24) is 10.2 Å². The zero-order chi connectivity index (χ0) is 17.5. The highest BCUT2D eigenvalue weighted by molar-refractivity contribution is 5.76. The Hall–Kier alpha value is -1.59. The first-order chi connectivity index (χ1) is 11.5. The van der Waals surface area contributed by atoms with Gasteiger partial charge in [0.15, 0.2) is 0 Å². The van der Waals surface area contributed by atoms with Gasteiger partial charge in [0.05, 0.1) is 19.3 Å².